The lowest BCUT2D eigenvalue weighted by Crippen LogP contribution is -2.50. The summed E-state index contributed by atoms with van der Waals surface area (Å²) in [4.78, 5) is 55.9. The second kappa shape index (κ2) is 9.61. The normalized spacial score (nSPS) is 22.4. The molecule has 4 heterocycles. The molecule has 0 bridgehead atoms. The van der Waals surface area contributed by atoms with E-state index < -0.39 is 11.1 Å². The van der Waals surface area contributed by atoms with Crippen LogP contribution in [0.1, 0.15) is 66.3 Å². The number of pyridine rings is 2. The molecular weight excluding hydrogens is 516 g/mol. The number of carbonyl (C=O) groups is 3. The van der Waals surface area contributed by atoms with Gasteiger partial charge in [-0.1, -0.05) is 43.2 Å². The van der Waals surface area contributed by atoms with Crippen LogP contribution in [-0.2, 0) is 32.6 Å². The van der Waals surface area contributed by atoms with Crippen molar-refractivity contribution in [2.75, 3.05) is 17.2 Å². The molecular formula is C32H32N6O3. The molecule has 2 aliphatic carbocycles. The molecule has 9 nitrogen and oxygen atoms in total. The van der Waals surface area contributed by atoms with Gasteiger partial charge in [0.15, 0.2) is 0 Å². The lowest BCUT2D eigenvalue weighted by molar-refractivity contribution is -0.133. The van der Waals surface area contributed by atoms with Crippen molar-refractivity contribution in [1.29, 1.82) is 0 Å². The van der Waals surface area contributed by atoms with E-state index >= 15 is 0 Å². The Morgan fingerprint density at radius 2 is 1.78 bits per heavy atom. The molecule has 2 spiro atoms. The molecule has 4 aliphatic rings. The Hall–Kier alpha value is -4.40. The third kappa shape index (κ3) is 4.13. The number of amides is 3. The van der Waals surface area contributed by atoms with Crippen LogP contribution in [0, 0.1) is 6.92 Å². The van der Waals surface area contributed by atoms with Crippen LogP contribution in [0.2, 0.25) is 0 Å². The summed E-state index contributed by atoms with van der Waals surface area (Å²) in [5, 5.41) is 5.84. The van der Waals surface area contributed by atoms with Crippen LogP contribution in [0.25, 0.3) is 0 Å². The molecule has 1 fully saturated rings. The molecule has 1 saturated carbocycles. The zero-order valence-electron chi connectivity index (χ0n) is 23.1. The van der Waals surface area contributed by atoms with E-state index in [9.17, 15) is 14.4 Å². The molecule has 2 aromatic heterocycles. The van der Waals surface area contributed by atoms with E-state index in [0.29, 0.717) is 30.2 Å². The Morgan fingerprint density at radius 1 is 1.00 bits per heavy atom. The first-order valence-electron chi connectivity index (χ1n) is 14.4. The van der Waals surface area contributed by atoms with Gasteiger partial charge in [0.2, 0.25) is 11.8 Å². The molecule has 7 rings (SSSR count). The lowest BCUT2D eigenvalue weighted by atomic mass is 9.79. The number of aliphatic imine (C=N–C) groups is 1. The summed E-state index contributed by atoms with van der Waals surface area (Å²) < 4.78 is 0. The van der Waals surface area contributed by atoms with Crippen LogP contribution in [0.15, 0.2) is 59.9 Å². The molecule has 1 unspecified atom stereocenters. The fourth-order valence-electron chi connectivity index (χ4n) is 7.09. The average Bonchev–Trinajstić information content (AvgIpc) is 3.48. The molecule has 0 saturated heterocycles. The van der Waals surface area contributed by atoms with Crippen molar-refractivity contribution < 1.29 is 14.4 Å². The van der Waals surface area contributed by atoms with Crippen LogP contribution in [-0.4, -0.2) is 50.5 Å². The maximum Gasteiger partial charge on any atom is 0.275 e. The van der Waals surface area contributed by atoms with Gasteiger partial charge in [-0.15, -0.1) is 0 Å². The third-order valence-corrected chi connectivity index (χ3v) is 9.20. The van der Waals surface area contributed by atoms with Crippen molar-refractivity contribution in [1.82, 2.24) is 14.9 Å². The number of nitrogens with one attached hydrogen (secondary N) is 2. The first-order valence-corrected chi connectivity index (χ1v) is 14.4. The Labute approximate surface area is 238 Å². The van der Waals surface area contributed by atoms with Crippen LogP contribution >= 0.6 is 0 Å². The predicted molar refractivity (Wildman–Crippen MR) is 155 cm³/mol. The summed E-state index contributed by atoms with van der Waals surface area (Å²) >= 11 is 0. The highest BCUT2D eigenvalue weighted by Gasteiger charge is 2.51. The van der Waals surface area contributed by atoms with Crippen molar-refractivity contribution in [2.24, 2.45) is 4.99 Å². The van der Waals surface area contributed by atoms with E-state index in [1.807, 2.05) is 49.4 Å². The maximum absolute atomic E-state index is 13.8. The summed E-state index contributed by atoms with van der Waals surface area (Å²) in [6.07, 6.45) is 10.1. The average molecular weight is 549 g/mol. The largest absolute Gasteiger partial charge is 0.310 e. The highest BCUT2D eigenvalue weighted by Crippen LogP contribution is 2.46. The zero-order chi connectivity index (χ0) is 28.2. The van der Waals surface area contributed by atoms with E-state index in [4.69, 9.17) is 4.99 Å². The summed E-state index contributed by atoms with van der Waals surface area (Å²) in [6.45, 7) is 1.89. The molecule has 41 heavy (non-hydrogen) atoms. The fourth-order valence-corrected chi connectivity index (χ4v) is 7.09. The molecule has 3 aromatic rings. The number of fused-ring (bicyclic) bond motifs is 3. The standard InChI is InChI=1S/C32H32N6O3/c1-20-9-4-5-10-23(20)27-29(40)38(32(37-27)12-6-2-3-7-13-32)19-26(39)35-25-15-21-16-31(17-22(21)18-34-25)24-11-8-14-33-28(24)36-30(31)41/h4-5,8-11,14-15,18H,2-3,6-7,12-13,16-17,19H2,1H3,(H,33,36,41)(H,34,35,39). The fraction of sp³-hybridized carbons (Fsp3) is 0.375. The van der Waals surface area contributed by atoms with Crippen LogP contribution in [0.4, 0.5) is 11.6 Å². The second-order valence-corrected chi connectivity index (χ2v) is 11.7. The number of hydrogen-bond acceptors (Lipinski definition) is 6. The minimum atomic E-state index is -0.701. The minimum Gasteiger partial charge on any atom is -0.310 e. The SMILES string of the molecule is Cc1ccccc1C1=NC2(CCCCCC2)N(CC(=O)Nc2cc3c(cn2)CC2(C3)C(=O)Nc3ncccc32)C1=O. The van der Waals surface area contributed by atoms with E-state index in [0.717, 1.165) is 66.3 Å². The van der Waals surface area contributed by atoms with E-state index in [-0.39, 0.29) is 24.3 Å². The smallest absolute Gasteiger partial charge is 0.275 e. The summed E-state index contributed by atoms with van der Waals surface area (Å²) in [5.74, 6) is 0.467. The van der Waals surface area contributed by atoms with Gasteiger partial charge in [-0.2, -0.15) is 0 Å². The van der Waals surface area contributed by atoms with Crippen molar-refractivity contribution in [3.8, 4) is 0 Å². The second-order valence-electron chi connectivity index (χ2n) is 11.7. The molecule has 2 aliphatic heterocycles. The molecule has 1 atom stereocenters. The molecule has 2 N–H and O–H groups in total. The lowest BCUT2D eigenvalue weighted by Gasteiger charge is -2.35. The molecule has 3 amide bonds. The van der Waals surface area contributed by atoms with Crippen molar-refractivity contribution in [2.45, 2.75) is 69.4 Å². The van der Waals surface area contributed by atoms with Crippen molar-refractivity contribution in [3.05, 3.63) is 82.7 Å². The van der Waals surface area contributed by atoms with Gasteiger partial charge in [-0.05, 0) is 74.3 Å². The Bertz CT molecular complexity index is 1620. The maximum atomic E-state index is 13.8. The molecule has 9 heteroatoms. The number of anilines is 2. The van der Waals surface area contributed by atoms with Gasteiger partial charge < -0.3 is 15.5 Å². The quantitative estimate of drug-likeness (QED) is 0.509. The van der Waals surface area contributed by atoms with Gasteiger partial charge in [0, 0.05) is 23.5 Å². The van der Waals surface area contributed by atoms with E-state index in [1.165, 1.54) is 0 Å². The number of aromatic nitrogens is 2. The van der Waals surface area contributed by atoms with Gasteiger partial charge in [0.05, 0.1) is 5.41 Å². The first-order chi connectivity index (χ1) is 19.9. The molecule has 208 valence electrons. The van der Waals surface area contributed by atoms with Gasteiger partial charge in [0.1, 0.15) is 29.6 Å². The number of aryl methyl sites for hydroxylation is 1. The Balaban J connectivity index is 1.12. The number of nitrogens with zero attached hydrogens (tertiary/aromatic N) is 4. The number of benzene rings is 1. The zero-order valence-corrected chi connectivity index (χ0v) is 23.1. The van der Waals surface area contributed by atoms with Gasteiger partial charge in [0.25, 0.3) is 5.91 Å². The van der Waals surface area contributed by atoms with Crippen molar-refractivity contribution in [3.63, 3.8) is 0 Å². The van der Waals surface area contributed by atoms with E-state index in [2.05, 4.69) is 20.6 Å². The predicted octanol–water partition coefficient (Wildman–Crippen LogP) is 4.09. The summed E-state index contributed by atoms with van der Waals surface area (Å²) in [7, 11) is 0. The van der Waals surface area contributed by atoms with Crippen molar-refractivity contribution >= 4 is 35.1 Å². The van der Waals surface area contributed by atoms with Crippen LogP contribution in [0.5, 0.6) is 0 Å². The number of carbonyl (C=O) groups excluding carboxylic acids is 3. The summed E-state index contributed by atoms with van der Waals surface area (Å²) in [5.41, 5.74) is 3.73. The highest BCUT2D eigenvalue weighted by atomic mass is 16.2. The topological polar surface area (TPSA) is 117 Å². The van der Waals surface area contributed by atoms with E-state index in [1.54, 1.807) is 17.3 Å². The van der Waals surface area contributed by atoms with Gasteiger partial charge >= 0.3 is 0 Å². The number of rotatable bonds is 4. The van der Waals surface area contributed by atoms with Gasteiger partial charge in [-0.25, -0.2) is 9.97 Å². The van der Waals surface area contributed by atoms with Crippen LogP contribution in [0.3, 0.4) is 0 Å². The first kappa shape index (κ1) is 25.6. The highest BCUT2D eigenvalue weighted by molar-refractivity contribution is 6.47. The molecule has 1 aromatic carbocycles. The van der Waals surface area contributed by atoms with Crippen LogP contribution < -0.4 is 10.6 Å². The Morgan fingerprint density at radius 3 is 2.59 bits per heavy atom. The monoisotopic (exact) mass is 548 g/mol. The number of hydrogen-bond donors (Lipinski definition) is 2. The minimum absolute atomic E-state index is 0.0568. The third-order valence-electron chi connectivity index (χ3n) is 9.20. The Kier molecular flexibility index (Phi) is 5.99. The van der Waals surface area contributed by atoms with Gasteiger partial charge in [-0.3, -0.25) is 19.4 Å². The summed E-state index contributed by atoms with van der Waals surface area (Å²) in [6, 6.07) is 13.4. The molecule has 0 radical (unpaired) electrons.